The van der Waals surface area contributed by atoms with E-state index < -0.39 is 17.7 Å². The molecule has 2 amide bonds. The SMILES string of the molecule is Cc1ccc(NC(=O)C(Cc2ccccc2)NC(=O)OC(C)(C)C)c(C)c1. The first kappa shape index (κ1) is 20.5. The van der Waals surface area contributed by atoms with Gasteiger partial charge in [-0.3, -0.25) is 4.79 Å². The van der Waals surface area contributed by atoms with Crippen LogP contribution in [0.4, 0.5) is 10.5 Å². The number of carbonyl (C=O) groups excluding carboxylic acids is 2. The second-order valence-corrected chi connectivity index (χ2v) is 7.70. The highest BCUT2D eigenvalue weighted by Gasteiger charge is 2.25. The van der Waals surface area contributed by atoms with Crippen molar-refractivity contribution in [3.63, 3.8) is 0 Å². The molecular formula is C22H28N2O3. The molecule has 1 unspecified atom stereocenters. The maximum Gasteiger partial charge on any atom is 0.408 e. The zero-order chi connectivity index (χ0) is 20.0. The minimum atomic E-state index is -0.747. The van der Waals surface area contributed by atoms with Crippen LogP contribution in [0, 0.1) is 13.8 Å². The van der Waals surface area contributed by atoms with E-state index in [1.54, 1.807) is 20.8 Å². The maximum atomic E-state index is 12.9. The fourth-order valence-electron chi connectivity index (χ4n) is 2.68. The van der Waals surface area contributed by atoms with Gasteiger partial charge in [-0.05, 0) is 51.8 Å². The van der Waals surface area contributed by atoms with Crippen molar-refractivity contribution < 1.29 is 14.3 Å². The Bertz CT molecular complexity index is 795. The summed E-state index contributed by atoms with van der Waals surface area (Å²) >= 11 is 0. The van der Waals surface area contributed by atoms with Crippen LogP contribution in [-0.4, -0.2) is 23.6 Å². The first-order valence-electron chi connectivity index (χ1n) is 9.05. The highest BCUT2D eigenvalue weighted by atomic mass is 16.6. The molecule has 0 aliphatic rings. The maximum absolute atomic E-state index is 12.9. The van der Waals surface area contributed by atoms with E-state index in [0.717, 1.165) is 22.4 Å². The number of ether oxygens (including phenoxy) is 1. The summed E-state index contributed by atoms with van der Waals surface area (Å²) in [6.45, 7) is 9.30. The molecule has 0 bridgehead atoms. The molecule has 2 aromatic rings. The molecule has 0 aliphatic carbocycles. The van der Waals surface area contributed by atoms with Crippen LogP contribution in [0.3, 0.4) is 0 Å². The van der Waals surface area contributed by atoms with Gasteiger partial charge >= 0.3 is 6.09 Å². The summed E-state index contributed by atoms with van der Waals surface area (Å²) in [4.78, 5) is 25.1. The first-order valence-corrected chi connectivity index (χ1v) is 9.05. The lowest BCUT2D eigenvalue weighted by atomic mass is 10.0. The first-order chi connectivity index (χ1) is 12.6. The highest BCUT2D eigenvalue weighted by molar-refractivity contribution is 5.97. The van der Waals surface area contributed by atoms with E-state index in [4.69, 9.17) is 4.74 Å². The second kappa shape index (κ2) is 8.71. The Hall–Kier alpha value is -2.82. The van der Waals surface area contributed by atoms with Crippen molar-refractivity contribution in [2.45, 2.75) is 52.7 Å². The van der Waals surface area contributed by atoms with E-state index in [9.17, 15) is 9.59 Å². The minimum Gasteiger partial charge on any atom is -0.444 e. The van der Waals surface area contributed by atoms with E-state index in [0.29, 0.717) is 6.42 Å². The number of nitrogens with one attached hydrogen (secondary N) is 2. The molecule has 0 aromatic heterocycles. The second-order valence-electron chi connectivity index (χ2n) is 7.70. The van der Waals surface area contributed by atoms with E-state index in [2.05, 4.69) is 10.6 Å². The molecule has 2 aromatic carbocycles. The summed E-state index contributed by atoms with van der Waals surface area (Å²) < 4.78 is 5.32. The van der Waals surface area contributed by atoms with Gasteiger partial charge in [0.05, 0.1) is 0 Å². The molecule has 0 spiro atoms. The topological polar surface area (TPSA) is 67.4 Å². The molecule has 5 heteroatoms. The van der Waals surface area contributed by atoms with Gasteiger partial charge in [-0.15, -0.1) is 0 Å². The van der Waals surface area contributed by atoms with Crippen molar-refractivity contribution in [2.24, 2.45) is 0 Å². The summed E-state index contributed by atoms with van der Waals surface area (Å²) in [5.74, 6) is -0.281. The third-order valence-electron chi connectivity index (χ3n) is 3.93. The third kappa shape index (κ3) is 6.77. The molecule has 5 nitrogen and oxygen atoms in total. The quantitative estimate of drug-likeness (QED) is 0.823. The van der Waals surface area contributed by atoms with Gasteiger partial charge in [-0.25, -0.2) is 4.79 Å². The number of benzene rings is 2. The third-order valence-corrected chi connectivity index (χ3v) is 3.93. The van der Waals surface area contributed by atoms with Gasteiger partial charge in [0.25, 0.3) is 0 Å². The van der Waals surface area contributed by atoms with Gasteiger partial charge in [0.1, 0.15) is 11.6 Å². The standard InChI is InChI=1S/C22H28N2O3/c1-15-11-12-18(16(2)13-15)23-20(25)19(14-17-9-7-6-8-10-17)24-21(26)27-22(3,4)5/h6-13,19H,14H2,1-5H3,(H,23,25)(H,24,26). The van der Waals surface area contributed by atoms with Crippen molar-refractivity contribution in [3.05, 3.63) is 65.2 Å². The molecule has 2 rings (SSSR count). The highest BCUT2D eigenvalue weighted by Crippen LogP contribution is 2.17. The monoisotopic (exact) mass is 368 g/mol. The molecule has 0 heterocycles. The van der Waals surface area contributed by atoms with Crippen molar-refractivity contribution in [1.29, 1.82) is 0 Å². The fraction of sp³-hybridized carbons (Fsp3) is 0.364. The Kier molecular flexibility index (Phi) is 6.61. The van der Waals surface area contributed by atoms with Gasteiger partial charge in [0.2, 0.25) is 5.91 Å². The average Bonchev–Trinajstić information content (AvgIpc) is 2.56. The van der Waals surface area contributed by atoms with Crippen molar-refractivity contribution in [3.8, 4) is 0 Å². The largest absolute Gasteiger partial charge is 0.444 e. The Morgan fingerprint density at radius 3 is 2.30 bits per heavy atom. The van der Waals surface area contributed by atoms with Crippen LogP contribution in [-0.2, 0) is 16.0 Å². The van der Waals surface area contributed by atoms with Gasteiger partial charge in [0.15, 0.2) is 0 Å². The fourth-order valence-corrected chi connectivity index (χ4v) is 2.68. The number of aryl methyl sites for hydroxylation is 2. The van der Waals surface area contributed by atoms with Gasteiger partial charge in [-0.1, -0.05) is 48.0 Å². The van der Waals surface area contributed by atoms with E-state index in [1.807, 2.05) is 62.4 Å². The lowest BCUT2D eigenvalue weighted by Crippen LogP contribution is -2.47. The van der Waals surface area contributed by atoms with Crippen LogP contribution >= 0.6 is 0 Å². The Morgan fingerprint density at radius 1 is 1.04 bits per heavy atom. The summed E-state index contributed by atoms with van der Waals surface area (Å²) in [5.41, 5.74) is 3.15. The summed E-state index contributed by atoms with van der Waals surface area (Å²) in [7, 11) is 0. The average molecular weight is 368 g/mol. The van der Waals surface area contributed by atoms with Crippen LogP contribution in [0.15, 0.2) is 48.5 Å². The van der Waals surface area contributed by atoms with Gasteiger partial charge in [-0.2, -0.15) is 0 Å². The summed E-state index contributed by atoms with van der Waals surface area (Å²) in [6.07, 6.45) is -0.240. The number of anilines is 1. The van der Waals surface area contributed by atoms with E-state index >= 15 is 0 Å². The zero-order valence-electron chi connectivity index (χ0n) is 16.6. The van der Waals surface area contributed by atoms with E-state index in [-0.39, 0.29) is 5.91 Å². The Labute approximate surface area is 161 Å². The van der Waals surface area contributed by atoms with Crippen molar-refractivity contribution in [2.75, 3.05) is 5.32 Å². The number of carbonyl (C=O) groups is 2. The summed E-state index contributed by atoms with van der Waals surface area (Å²) in [6, 6.07) is 14.6. The van der Waals surface area contributed by atoms with Crippen LogP contribution in [0.25, 0.3) is 0 Å². The molecule has 0 fully saturated rings. The van der Waals surface area contributed by atoms with Crippen molar-refractivity contribution >= 4 is 17.7 Å². The predicted molar refractivity (Wildman–Crippen MR) is 108 cm³/mol. The Balaban J connectivity index is 2.16. The van der Waals surface area contributed by atoms with Crippen molar-refractivity contribution in [1.82, 2.24) is 5.32 Å². The van der Waals surface area contributed by atoms with Crippen LogP contribution in [0.2, 0.25) is 0 Å². The number of hydrogen-bond donors (Lipinski definition) is 2. The zero-order valence-corrected chi connectivity index (χ0v) is 16.6. The van der Waals surface area contributed by atoms with Gasteiger partial charge < -0.3 is 15.4 Å². The normalized spacial score (nSPS) is 12.2. The van der Waals surface area contributed by atoms with Crippen LogP contribution in [0.1, 0.15) is 37.5 Å². The van der Waals surface area contributed by atoms with Crippen LogP contribution in [0.5, 0.6) is 0 Å². The predicted octanol–water partition coefficient (Wildman–Crippen LogP) is 4.38. The lowest BCUT2D eigenvalue weighted by Gasteiger charge is -2.23. The van der Waals surface area contributed by atoms with E-state index in [1.165, 1.54) is 0 Å². The molecule has 2 N–H and O–H groups in total. The molecule has 27 heavy (non-hydrogen) atoms. The summed E-state index contributed by atoms with van der Waals surface area (Å²) in [5, 5.41) is 5.62. The molecular weight excluding hydrogens is 340 g/mol. The number of alkyl carbamates (subject to hydrolysis) is 1. The molecule has 0 aliphatic heterocycles. The lowest BCUT2D eigenvalue weighted by molar-refractivity contribution is -0.118. The molecule has 144 valence electrons. The molecule has 0 radical (unpaired) electrons. The van der Waals surface area contributed by atoms with Crippen LogP contribution < -0.4 is 10.6 Å². The minimum absolute atomic E-state index is 0.281. The smallest absolute Gasteiger partial charge is 0.408 e. The molecule has 0 saturated carbocycles. The molecule has 1 atom stereocenters. The van der Waals surface area contributed by atoms with Gasteiger partial charge in [0, 0.05) is 12.1 Å². The number of amides is 2. The molecule has 0 saturated heterocycles. The number of rotatable bonds is 5. The Morgan fingerprint density at radius 2 is 1.70 bits per heavy atom. The number of hydrogen-bond acceptors (Lipinski definition) is 3.